The normalized spacial score (nSPS) is 13.3. The van der Waals surface area contributed by atoms with E-state index < -0.39 is 10.0 Å². The molecule has 0 aliphatic heterocycles. The van der Waals surface area contributed by atoms with Gasteiger partial charge >= 0.3 is 0 Å². The van der Waals surface area contributed by atoms with E-state index in [2.05, 4.69) is 0 Å². The molecule has 0 spiro atoms. The van der Waals surface area contributed by atoms with Gasteiger partial charge in [-0.1, -0.05) is 6.07 Å². The lowest BCUT2D eigenvalue weighted by atomic mass is 10.1. The number of sulfonamides is 1. The van der Waals surface area contributed by atoms with Crippen molar-refractivity contribution in [3.8, 4) is 6.07 Å². The van der Waals surface area contributed by atoms with E-state index in [-0.39, 0.29) is 23.0 Å². The number of aryl methyl sites for hydroxylation is 1. The fourth-order valence-electron chi connectivity index (χ4n) is 1.83. The van der Waals surface area contributed by atoms with Crippen molar-refractivity contribution in [1.82, 2.24) is 4.31 Å². The third kappa shape index (κ3) is 3.06. The van der Waals surface area contributed by atoms with Crippen molar-refractivity contribution < 1.29 is 8.42 Å². The van der Waals surface area contributed by atoms with Crippen molar-refractivity contribution in [3.05, 3.63) is 23.3 Å². The van der Waals surface area contributed by atoms with Gasteiger partial charge in [-0.2, -0.15) is 9.57 Å². The highest BCUT2D eigenvalue weighted by Crippen LogP contribution is 2.27. The van der Waals surface area contributed by atoms with Crippen molar-refractivity contribution in [1.29, 1.82) is 5.26 Å². The minimum Gasteiger partial charge on any atom is -0.398 e. The van der Waals surface area contributed by atoms with Crippen LogP contribution in [-0.2, 0) is 10.0 Å². The molecule has 19 heavy (non-hydrogen) atoms. The first kappa shape index (κ1) is 15.5. The van der Waals surface area contributed by atoms with Crippen LogP contribution in [0.5, 0.6) is 0 Å². The molecule has 5 nitrogen and oxygen atoms in total. The van der Waals surface area contributed by atoms with Crippen LogP contribution < -0.4 is 5.73 Å². The van der Waals surface area contributed by atoms with E-state index >= 15 is 0 Å². The summed E-state index contributed by atoms with van der Waals surface area (Å²) in [5.41, 5.74) is 7.56. The van der Waals surface area contributed by atoms with E-state index in [0.717, 1.165) is 5.56 Å². The molecule has 104 valence electrons. The smallest absolute Gasteiger partial charge is 0.245 e. The van der Waals surface area contributed by atoms with Crippen molar-refractivity contribution in [2.75, 3.05) is 19.3 Å². The number of rotatable bonds is 4. The SMILES string of the molecule is Cc1ccc(N)c(S(=O)(=O)N(C)CC(C)C#N)c1C. The molecule has 2 N–H and O–H groups in total. The lowest BCUT2D eigenvalue weighted by Crippen LogP contribution is -2.32. The second-order valence-corrected chi connectivity index (χ2v) is 6.72. The van der Waals surface area contributed by atoms with Gasteiger partial charge in [-0.3, -0.25) is 0 Å². The highest BCUT2D eigenvalue weighted by atomic mass is 32.2. The Bertz CT molecular complexity index is 618. The zero-order valence-electron chi connectivity index (χ0n) is 11.6. The Balaban J connectivity index is 3.29. The van der Waals surface area contributed by atoms with Crippen LogP contribution in [0.2, 0.25) is 0 Å². The summed E-state index contributed by atoms with van der Waals surface area (Å²) in [5.74, 6) is -0.369. The van der Waals surface area contributed by atoms with Crippen LogP contribution in [0.4, 0.5) is 5.69 Å². The maximum Gasteiger partial charge on any atom is 0.245 e. The molecule has 0 saturated heterocycles. The summed E-state index contributed by atoms with van der Waals surface area (Å²) in [6, 6.07) is 5.41. The lowest BCUT2D eigenvalue weighted by molar-refractivity contribution is 0.439. The largest absolute Gasteiger partial charge is 0.398 e. The third-order valence-electron chi connectivity index (χ3n) is 3.13. The Kier molecular flexibility index (Phi) is 4.56. The van der Waals surface area contributed by atoms with Crippen molar-refractivity contribution in [3.63, 3.8) is 0 Å². The van der Waals surface area contributed by atoms with Crippen LogP contribution in [0.3, 0.4) is 0 Å². The summed E-state index contributed by atoms with van der Waals surface area (Å²) in [4.78, 5) is 0.139. The first-order valence-corrected chi connectivity index (χ1v) is 7.37. The Morgan fingerprint density at radius 2 is 2.00 bits per heavy atom. The number of nitrogen functional groups attached to an aromatic ring is 1. The Morgan fingerprint density at radius 3 is 2.53 bits per heavy atom. The van der Waals surface area contributed by atoms with Crippen LogP contribution in [0.15, 0.2) is 17.0 Å². The molecule has 0 aromatic heterocycles. The molecule has 0 radical (unpaired) electrons. The summed E-state index contributed by atoms with van der Waals surface area (Å²) in [5, 5.41) is 8.78. The average molecular weight is 281 g/mol. The van der Waals surface area contributed by atoms with Crippen LogP contribution >= 0.6 is 0 Å². The van der Waals surface area contributed by atoms with Gasteiger partial charge in [0, 0.05) is 13.6 Å². The van der Waals surface area contributed by atoms with Crippen LogP contribution in [-0.4, -0.2) is 26.3 Å². The zero-order chi connectivity index (χ0) is 14.8. The van der Waals surface area contributed by atoms with Crippen LogP contribution in [0.1, 0.15) is 18.1 Å². The molecule has 0 fully saturated rings. The van der Waals surface area contributed by atoms with E-state index in [0.29, 0.717) is 5.56 Å². The highest BCUT2D eigenvalue weighted by Gasteiger charge is 2.26. The van der Waals surface area contributed by atoms with Gasteiger partial charge in [0.1, 0.15) is 4.90 Å². The molecule has 0 aliphatic carbocycles. The molecular formula is C13H19N3O2S. The molecular weight excluding hydrogens is 262 g/mol. The summed E-state index contributed by atoms with van der Waals surface area (Å²) in [7, 11) is -2.21. The van der Waals surface area contributed by atoms with Gasteiger partial charge in [-0.15, -0.1) is 0 Å². The van der Waals surface area contributed by atoms with Gasteiger partial charge in [0.15, 0.2) is 0 Å². The number of nitrogens with two attached hydrogens (primary N) is 1. The number of nitrogens with zero attached hydrogens (tertiary/aromatic N) is 2. The monoisotopic (exact) mass is 281 g/mol. The summed E-state index contributed by atoms with van der Waals surface area (Å²) in [6.45, 7) is 5.40. The number of hydrogen-bond acceptors (Lipinski definition) is 4. The zero-order valence-corrected chi connectivity index (χ0v) is 12.5. The molecule has 0 bridgehead atoms. The maximum absolute atomic E-state index is 12.5. The van der Waals surface area contributed by atoms with Gasteiger partial charge in [0.25, 0.3) is 0 Å². The van der Waals surface area contributed by atoms with Crippen LogP contribution in [0, 0.1) is 31.1 Å². The maximum atomic E-state index is 12.5. The first-order valence-electron chi connectivity index (χ1n) is 5.93. The molecule has 0 heterocycles. The second-order valence-electron chi connectivity index (χ2n) is 4.74. The van der Waals surface area contributed by atoms with Gasteiger partial charge in [0.05, 0.1) is 17.7 Å². The van der Waals surface area contributed by atoms with E-state index in [9.17, 15) is 8.42 Å². The van der Waals surface area contributed by atoms with Crippen molar-refractivity contribution >= 4 is 15.7 Å². The summed E-state index contributed by atoms with van der Waals surface area (Å²) < 4.78 is 26.2. The number of benzene rings is 1. The van der Waals surface area contributed by atoms with Crippen molar-refractivity contribution in [2.24, 2.45) is 5.92 Å². The Morgan fingerprint density at radius 1 is 1.42 bits per heavy atom. The first-order chi connectivity index (χ1) is 8.71. The molecule has 0 saturated carbocycles. The fourth-order valence-corrected chi connectivity index (χ4v) is 3.48. The van der Waals surface area contributed by atoms with E-state index in [1.807, 2.05) is 13.0 Å². The molecule has 1 aromatic rings. The van der Waals surface area contributed by atoms with Gasteiger partial charge in [0.2, 0.25) is 10.0 Å². The topological polar surface area (TPSA) is 87.2 Å². The average Bonchev–Trinajstić information content (AvgIpc) is 2.33. The highest BCUT2D eigenvalue weighted by molar-refractivity contribution is 7.89. The standard InChI is InChI=1S/C13H19N3O2S/c1-9(7-14)8-16(4)19(17,18)13-11(3)10(2)5-6-12(13)15/h5-6,9H,8,15H2,1-4H3. The van der Waals surface area contributed by atoms with E-state index in [1.165, 1.54) is 11.4 Å². The van der Waals surface area contributed by atoms with Gasteiger partial charge < -0.3 is 5.73 Å². The number of hydrogen-bond donors (Lipinski definition) is 1. The molecule has 1 unspecified atom stereocenters. The summed E-state index contributed by atoms with van der Waals surface area (Å²) in [6.07, 6.45) is 0. The summed E-state index contributed by atoms with van der Waals surface area (Å²) >= 11 is 0. The Hall–Kier alpha value is -1.58. The molecule has 0 amide bonds. The Labute approximate surface area is 114 Å². The van der Waals surface area contributed by atoms with Crippen LogP contribution in [0.25, 0.3) is 0 Å². The predicted octanol–water partition coefficient (Wildman–Crippen LogP) is 1.67. The molecule has 0 aliphatic rings. The second kappa shape index (κ2) is 5.59. The minimum atomic E-state index is -3.67. The van der Waals surface area contributed by atoms with E-state index in [1.54, 1.807) is 26.0 Å². The fraction of sp³-hybridized carbons (Fsp3) is 0.462. The lowest BCUT2D eigenvalue weighted by Gasteiger charge is -2.21. The predicted molar refractivity (Wildman–Crippen MR) is 74.9 cm³/mol. The molecule has 1 atom stereocenters. The number of anilines is 1. The molecule has 1 aromatic carbocycles. The van der Waals surface area contributed by atoms with Gasteiger partial charge in [-0.05, 0) is 38.0 Å². The minimum absolute atomic E-state index is 0.139. The van der Waals surface area contributed by atoms with E-state index in [4.69, 9.17) is 11.0 Å². The quantitative estimate of drug-likeness (QED) is 0.850. The third-order valence-corrected chi connectivity index (χ3v) is 5.15. The molecule has 6 heteroatoms. The van der Waals surface area contributed by atoms with Crippen molar-refractivity contribution in [2.45, 2.75) is 25.7 Å². The number of nitriles is 1. The van der Waals surface area contributed by atoms with Gasteiger partial charge in [-0.25, -0.2) is 8.42 Å². The molecule has 1 rings (SSSR count).